The van der Waals surface area contributed by atoms with E-state index in [4.69, 9.17) is 10.5 Å². The second-order valence-corrected chi connectivity index (χ2v) is 8.18. The molecule has 0 radical (unpaired) electrons. The highest BCUT2D eigenvalue weighted by molar-refractivity contribution is 5.35. The van der Waals surface area contributed by atoms with Gasteiger partial charge in [0.1, 0.15) is 5.75 Å². The number of nitrogens with two attached hydrogens (primary N) is 1. The Morgan fingerprint density at radius 1 is 1.19 bits per heavy atom. The van der Waals surface area contributed by atoms with Gasteiger partial charge in [0, 0.05) is 12.0 Å². The fourth-order valence-corrected chi connectivity index (χ4v) is 3.18. The minimum atomic E-state index is 0.189. The highest BCUT2D eigenvalue weighted by atomic mass is 16.5. The molecular formula is C19H31NO. The summed E-state index contributed by atoms with van der Waals surface area (Å²) in [5.41, 5.74) is 8.07. The van der Waals surface area contributed by atoms with Gasteiger partial charge in [0.2, 0.25) is 0 Å². The van der Waals surface area contributed by atoms with Crippen LogP contribution in [0.4, 0.5) is 0 Å². The molecule has 0 spiro atoms. The number of hydrogen-bond acceptors (Lipinski definition) is 2. The summed E-state index contributed by atoms with van der Waals surface area (Å²) < 4.78 is 5.76. The Morgan fingerprint density at radius 2 is 1.76 bits per heavy atom. The summed E-state index contributed by atoms with van der Waals surface area (Å²) >= 11 is 0. The zero-order valence-corrected chi connectivity index (χ0v) is 14.3. The second-order valence-electron chi connectivity index (χ2n) is 8.18. The molecule has 2 rings (SSSR count). The average Bonchev–Trinajstić information content (AvgIpc) is 2.35. The number of benzene rings is 1. The monoisotopic (exact) mass is 289 g/mol. The van der Waals surface area contributed by atoms with E-state index >= 15 is 0 Å². The quantitative estimate of drug-likeness (QED) is 0.873. The van der Waals surface area contributed by atoms with E-state index in [9.17, 15) is 0 Å². The van der Waals surface area contributed by atoms with Gasteiger partial charge in [-0.15, -0.1) is 0 Å². The maximum Gasteiger partial charge on any atom is 0.119 e. The zero-order valence-electron chi connectivity index (χ0n) is 14.3. The molecule has 0 aromatic heterocycles. The summed E-state index contributed by atoms with van der Waals surface area (Å²) in [6.07, 6.45) is 2.42. The molecule has 2 heteroatoms. The molecule has 0 heterocycles. The Bertz CT molecular complexity index is 449. The van der Waals surface area contributed by atoms with Crippen molar-refractivity contribution in [2.24, 2.45) is 23.0 Å². The number of hydrogen-bond donors (Lipinski definition) is 1. The van der Waals surface area contributed by atoms with E-state index in [0.29, 0.717) is 11.3 Å². The molecule has 0 saturated heterocycles. The molecule has 1 aliphatic rings. The van der Waals surface area contributed by atoms with Crippen molar-refractivity contribution in [1.82, 2.24) is 0 Å². The predicted octanol–water partition coefficient (Wildman–Crippen LogP) is 4.37. The first-order valence-corrected chi connectivity index (χ1v) is 8.20. The SMILES string of the molecule is CC(C)COc1ccc(C2(CN)CC(C(C)(C)C)C2)cc1. The van der Waals surface area contributed by atoms with Gasteiger partial charge >= 0.3 is 0 Å². The smallest absolute Gasteiger partial charge is 0.119 e. The molecule has 0 amide bonds. The molecule has 0 bridgehead atoms. The minimum absolute atomic E-state index is 0.189. The van der Waals surface area contributed by atoms with Crippen molar-refractivity contribution in [3.05, 3.63) is 29.8 Å². The van der Waals surface area contributed by atoms with Crippen molar-refractivity contribution in [1.29, 1.82) is 0 Å². The van der Waals surface area contributed by atoms with Gasteiger partial charge in [0.15, 0.2) is 0 Å². The van der Waals surface area contributed by atoms with Crippen LogP contribution in [-0.2, 0) is 5.41 Å². The van der Waals surface area contributed by atoms with Crippen molar-refractivity contribution >= 4 is 0 Å². The topological polar surface area (TPSA) is 35.2 Å². The fraction of sp³-hybridized carbons (Fsp3) is 0.684. The molecule has 21 heavy (non-hydrogen) atoms. The number of ether oxygens (including phenoxy) is 1. The van der Waals surface area contributed by atoms with Gasteiger partial charge in [0.05, 0.1) is 6.61 Å². The standard InChI is InChI=1S/C19H31NO/c1-14(2)12-21-17-8-6-15(7-9-17)19(13-20)10-16(11-19)18(3,4)5/h6-9,14,16H,10-13,20H2,1-5H3. The maximum absolute atomic E-state index is 6.11. The lowest BCUT2D eigenvalue weighted by atomic mass is 9.52. The summed E-state index contributed by atoms with van der Waals surface area (Å²) in [5, 5.41) is 0. The molecule has 0 aliphatic heterocycles. The lowest BCUT2D eigenvalue weighted by Gasteiger charge is -2.53. The van der Waals surface area contributed by atoms with E-state index in [0.717, 1.165) is 24.8 Å². The third-order valence-corrected chi connectivity index (χ3v) is 4.94. The second kappa shape index (κ2) is 6.00. The number of rotatable bonds is 5. The maximum atomic E-state index is 6.11. The lowest BCUT2D eigenvalue weighted by molar-refractivity contribution is 0.0503. The van der Waals surface area contributed by atoms with Crippen molar-refractivity contribution in [2.45, 2.75) is 52.9 Å². The van der Waals surface area contributed by atoms with Crippen molar-refractivity contribution in [2.75, 3.05) is 13.2 Å². The molecule has 1 aromatic rings. The average molecular weight is 289 g/mol. The molecule has 2 nitrogen and oxygen atoms in total. The first-order valence-electron chi connectivity index (χ1n) is 8.20. The molecule has 118 valence electrons. The Kier molecular flexibility index (Phi) is 4.67. The van der Waals surface area contributed by atoms with Gasteiger partial charge in [-0.3, -0.25) is 0 Å². The summed E-state index contributed by atoms with van der Waals surface area (Å²) in [5.74, 6) is 2.29. The van der Waals surface area contributed by atoms with Gasteiger partial charge in [-0.1, -0.05) is 46.8 Å². The van der Waals surface area contributed by atoms with Gasteiger partial charge in [-0.25, -0.2) is 0 Å². The molecule has 1 aliphatic carbocycles. The van der Waals surface area contributed by atoms with Crippen LogP contribution in [0.5, 0.6) is 5.75 Å². The first kappa shape index (κ1) is 16.4. The van der Waals surface area contributed by atoms with E-state index in [1.54, 1.807) is 0 Å². The van der Waals surface area contributed by atoms with E-state index in [1.165, 1.54) is 18.4 Å². The Morgan fingerprint density at radius 3 is 2.19 bits per heavy atom. The van der Waals surface area contributed by atoms with E-state index in [1.807, 2.05) is 0 Å². The van der Waals surface area contributed by atoms with E-state index in [-0.39, 0.29) is 5.41 Å². The fourth-order valence-electron chi connectivity index (χ4n) is 3.18. The minimum Gasteiger partial charge on any atom is -0.493 e. The predicted molar refractivity (Wildman–Crippen MR) is 89.7 cm³/mol. The van der Waals surface area contributed by atoms with Crippen LogP contribution in [-0.4, -0.2) is 13.2 Å². The van der Waals surface area contributed by atoms with Crippen LogP contribution in [0.2, 0.25) is 0 Å². The van der Waals surface area contributed by atoms with Crippen LogP contribution in [0.3, 0.4) is 0 Å². The third kappa shape index (κ3) is 3.60. The summed E-state index contributed by atoms with van der Waals surface area (Å²) in [6, 6.07) is 8.61. The van der Waals surface area contributed by atoms with Crippen LogP contribution in [0.1, 0.15) is 53.0 Å². The third-order valence-electron chi connectivity index (χ3n) is 4.94. The summed E-state index contributed by atoms with van der Waals surface area (Å²) in [7, 11) is 0. The largest absolute Gasteiger partial charge is 0.493 e. The normalized spacial score (nSPS) is 25.8. The molecular weight excluding hydrogens is 258 g/mol. The zero-order chi connectivity index (χ0) is 15.7. The van der Waals surface area contributed by atoms with Crippen LogP contribution in [0, 0.1) is 17.3 Å². The highest BCUT2D eigenvalue weighted by Gasteiger charge is 2.48. The summed E-state index contributed by atoms with van der Waals surface area (Å²) in [6.45, 7) is 12.8. The van der Waals surface area contributed by atoms with Crippen LogP contribution in [0.25, 0.3) is 0 Å². The Balaban J connectivity index is 2.04. The van der Waals surface area contributed by atoms with Crippen LogP contribution < -0.4 is 10.5 Å². The molecule has 1 fully saturated rings. The van der Waals surface area contributed by atoms with Crippen LogP contribution in [0.15, 0.2) is 24.3 Å². The van der Waals surface area contributed by atoms with Gasteiger partial charge in [-0.05, 0) is 47.8 Å². The molecule has 1 saturated carbocycles. The lowest BCUT2D eigenvalue weighted by Crippen LogP contribution is -2.50. The molecule has 1 aromatic carbocycles. The van der Waals surface area contributed by atoms with Gasteiger partial charge < -0.3 is 10.5 Å². The highest BCUT2D eigenvalue weighted by Crippen LogP contribution is 2.53. The van der Waals surface area contributed by atoms with Crippen LogP contribution >= 0.6 is 0 Å². The first-order chi connectivity index (χ1) is 9.77. The van der Waals surface area contributed by atoms with Gasteiger partial charge in [-0.2, -0.15) is 0 Å². The van der Waals surface area contributed by atoms with Crippen molar-refractivity contribution in [3.63, 3.8) is 0 Å². The molecule has 2 N–H and O–H groups in total. The van der Waals surface area contributed by atoms with E-state index < -0.39 is 0 Å². The Hall–Kier alpha value is -1.02. The van der Waals surface area contributed by atoms with E-state index in [2.05, 4.69) is 58.9 Å². The summed E-state index contributed by atoms with van der Waals surface area (Å²) in [4.78, 5) is 0. The van der Waals surface area contributed by atoms with Gasteiger partial charge in [0.25, 0.3) is 0 Å². The van der Waals surface area contributed by atoms with Crippen molar-refractivity contribution in [3.8, 4) is 5.75 Å². The molecule has 0 atom stereocenters. The molecule has 0 unspecified atom stereocenters. The van der Waals surface area contributed by atoms with Crippen molar-refractivity contribution < 1.29 is 4.74 Å². The Labute approximate surface area is 130 Å².